The summed E-state index contributed by atoms with van der Waals surface area (Å²) < 4.78 is 26.2. The minimum atomic E-state index is -2.16. The van der Waals surface area contributed by atoms with Gasteiger partial charge in [-0.3, -0.25) is 0 Å². The molecule has 0 amide bonds. The number of alkyl halides is 2. The SMILES string of the molecule is FC(F)C12CCC(c3ccncn3)(CC1)CC2. The minimum Gasteiger partial charge on any atom is -0.245 e. The highest BCUT2D eigenvalue weighted by Gasteiger charge is 2.53. The average Bonchev–Trinajstić information content (AvgIpc) is 2.42. The molecule has 1 heterocycles. The lowest BCUT2D eigenvalue weighted by Gasteiger charge is -2.52. The maximum absolute atomic E-state index is 13.1. The fourth-order valence-corrected chi connectivity index (χ4v) is 3.53. The highest BCUT2D eigenvalue weighted by Crippen LogP contribution is 2.59. The zero-order valence-electron chi connectivity index (χ0n) is 9.70. The van der Waals surface area contributed by atoms with Crippen molar-refractivity contribution in [1.82, 2.24) is 9.97 Å². The van der Waals surface area contributed by atoms with E-state index in [1.807, 2.05) is 6.07 Å². The summed E-state index contributed by atoms with van der Waals surface area (Å²) in [5.41, 5.74) is 0.420. The molecule has 4 rings (SSSR count). The zero-order chi connectivity index (χ0) is 11.9. The molecule has 0 saturated heterocycles. The van der Waals surface area contributed by atoms with Crippen molar-refractivity contribution >= 4 is 0 Å². The normalized spacial score (nSPS) is 36.4. The maximum Gasteiger partial charge on any atom is 0.244 e. The average molecular weight is 238 g/mol. The van der Waals surface area contributed by atoms with Gasteiger partial charge in [0, 0.05) is 22.7 Å². The fourth-order valence-electron chi connectivity index (χ4n) is 3.53. The molecule has 2 nitrogen and oxygen atoms in total. The summed E-state index contributed by atoms with van der Waals surface area (Å²) in [5.74, 6) is 0. The van der Waals surface area contributed by atoms with Gasteiger partial charge >= 0.3 is 0 Å². The first kappa shape index (κ1) is 11.1. The number of hydrogen-bond acceptors (Lipinski definition) is 2. The van der Waals surface area contributed by atoms with Gasteiger partial charge in [0.1, 0.15) is 6.33 Å². The highest BCUT2D eigenvalue weighted by atomic mass is 19.3. The fraction of sp³-hybridized carbons (Fsp3) is 0.692. The van der Waals surface area contributed by atoms with Gasteiger partial charge < -0.3 is 0 Å². The first-order valence-corrected chi connectivity index (χ1v) is 6.22. The molecule has 1 aromatic rings. The van der Waals surface area contributed by atoms with E-state index in [-0.39, 0.29) is 5.41 Å². The Bertz CT molecular complexity index is 381. The topological polar surface area (TPSA) is 25.8 Å². The van der Waals surface area contributed by atoms with E-state index in [1.165, 1.54) is 0 Å². The quantitative estimate of drug-likeness (QED) is 0.789. The van der Waals surface area contributed by atoms with E-state index in [2.05, 4.69) is 9.97 Å². The highest BCUT2D eigenvalue weighted by molar-refractivity contribution is 5.20. The molecule has 3 saturated carbocycles. The number of nitrogens with zero attached hydrogens (tertiary/aromatic N) is 2. The molecule has 0 unspecified atom stereocenters. The predicted molar refractivity (Wildman–Crippen MR) is 59.8 cm³/mol. The van der Waals surface area contributed by atoms with Gasteiger partial charge in [-0.05, 0) is 44.6 Å². The molecule has 0 radical (unpaired) electrons. The van der Waals surface area contributed by atoms with Crippen molar-refractivity contribution in [1.29, 1.82) is 0 Å². The molecular weight excluding hydrogens is 222 g/mol. The molecule has 0 aromatic carbocycles. The Morgan fingerprint density at radius 3 is 2.18 bits per heavy atom. The van der Waals surface area contributed by atoms with Gasteiger partial charge in [0.15, 0.2) is 0 Å². The van der Waals surface area contributed by atoms with Gasteiger partial charge in [0.2, 0.25) is 6.43 Å². The maximum atomic E-state index is 13.1. The molecule has 0 N–H and O–H groups in total. The molecule has 3 fully saturated rings. The molecule has 2 bridgehead atoms. The van der Waals surface area contributed by atoms with Gasteiger partial charge in [-0.1, -0.05) is 0 Å². The Labute approximate surface area is 99.5 Å². The number of halogens is 2. The van der Waals surface area contributed by atoms with E-state index >= 15 is 0 Å². The summed E-state index contributed by atoms with van der Waals surface area (Å²) in [5, 5.41) is 0. The Hall–Kier alpha value is -1.06. The Balaban J connectivity index is 1.87. The number of rotatable bonds is 2. The van der Waals surface area contributed by atoms with Crippen molar-refractivity contribution in [2.24, 2.45) is 5.41 Å². The largest absolute Gasteiger partial charge is 0.245 e. The second-order valence-corrected chi connectivity index (χ2v) is 5.54. The number of aromatic nitrogens is 2. The smallest absolute Gasteiger partial charge is 0.244 e. The van der Waals surface area contributed by atoms with Crippen LogP contribution in [0, 0.1) is 5.41 Å². The summed E-state index contributed by atoms with van der Waals surface area (Å²) in [6.07, 6.45) is 5.66. The third kappa shape index (κ3) is 1.57. The van der Waals surface area contributed by atoms with E-state index in [0.29, 0.717) is 19.3 Å². The Morgan fingerprint density at radius 2 is 1.71 bits per heavy atom. The third-order valence-corrected chi connectivity index (χ3v) is 4.89. The van der Waals surface area contributed by atoms with E-state index in [4.69, 9.17) is 0 Å². The van der Waals surface area contributed by atoms with Crippen LogP contribution in [0.15, 0.2) is 18.6 Å². The molecule has 92 valence electrons. The van der Waals surface area contributed by atoms with E-state index in [1.54, 1.807) is 12.5 Å². The van der Waals surface area contributed by atoms with Crippen LogP contribution in [0.1, 0.15) is 44.2 Å². The molecule has 3 aliphatic carbocycles. The lowest BCUT2D eigenvalue weighted by Crippen LogP contribution is -2.47. The van der Waals surface area contributed by atoms with Crippen LogP contribution in [0.5, 0.6) is 0 Å². The van der Waals surface area contributed by atoms with Crippen LogP contribution in [0.25, 0.3) is 0 Å². The molecule has 4 heteroatoms. The van der Waals surface area contributed by atoms with Crippen LogP contribution in [0.4, 0.5) is 8.78 Å². The zero-order valence-corrected chi connectivity index (χ0v) is 9.70. The van der Waals surface area contributed by atoms with Crippen molar-refractivity contribution in [3.05, 3.63) is 24.3 Å². The summed E-state index contributed by atoms with van der Waals surface area (Å²) in [7, 11) is 0. The summed E-state index contributed by atoms with van der Waals surface area (Å²) >= 11 is 0. The lowest BCUT2D eigenvalue weighted by molar-refractivity contribution is -0.0852. The van der Waals surface area contributed by atoms with Gasteiger partial charge in [-0.2, -0.15) is 0 Å². The second kappa shape index (κ2) is 3.72. The van der Waals surface area contributed by atoms with Crippen LogP contribution in [-0.4, -0.2) is 16.4 Å². The van der Waals surface area contributed by atoms with Crippen molar-refractivity contribution in [3.8, 4) is 0 Å². The van der Waals surface area contributed by atoms with Gasteiger partial charge in [-0.25, -0.2) is 18.7 Å². The Morgan fingerprint density at radius 1 is 1.06 bits per heavy atom. The van der Waals surface area contributed by atoms with Crippen molar-refractivity contribution in [2.45, 2.75) is 50.4 Å². The van der Waals surface area contributed by atoms with Crippen molar-refractivity contribution in [3.63, 3.8) is 0 Å². The van der Waals surface area contributed by atoms with Crippen molar-refractivity contribution in [2.75, 3.05) is 0 Å². The molecule has 17 heavy (non-hydrogen) atoms. The van der Waals surface area contributed by atoms with Crippen LogP contribution in [0.2, 0.25) is 0 Å². The van der Waals surface area contributed by atoms with Crippen LogP contribution >= 0.6 is 0 Å². The number of fused-ring (bicyclic) bond motifs is 3. The predicted octanol–water partition coefficient (Wildman–Crippen LogP) is 3.33. The third-order valence-electron chi connectivity index (χ3n) is 4.89. The van der Waals surface area contributed by atoms with Crippen molar-refractivity contribution < 1.29 is 8.78 Å². The first-order chi connectivity index (χ1) is 8.17. The molecule has 0 atom stereocenters. The number of hydrogen-bond donors (Lipinski definition) is 0. The molecule has 0 spiro atoms. The van der Waals surface area contributed by atoms with E-state index < -0.39 is 11.8 Å². The second-order valence-electron chi connectivity index (χ2n) is 5.54. The molecular formula is C13H16F2N2. The molecule has 0 aliphatic heterocycles. The van der Waals surface area contributed by atoms with Gasteiger partial charge in [-0.15, -0.1) is 0 Å². The summed E-state index contributed by atoms with van der Waals surface area (Å²) in [6, 6.07) is 1.95. The van der Waals surface area contributed by atoms with Gasteiger partial charge in [0.25, 0.3) is 0 Å². The standard InChI is InChI=1S/C13H16F2N2/c14-11(15)13-5-2-12(3-6-13,4-7-13)10-1-8-16-9-17-10/h1,8-9,11H,2-7H2. The minimum absolute atomic E-state index is 0.0551. The first-order valence-electron chi connectivity index (χ1n) is 6.22. The summed E-state index contributed by atoms with van der Waals surface area (Å²) in [4.78, 5) is 8.27. The molecule has 1 aromatic heterocycles. The van der Waals surface area contributed by atoms with E-state index in [9.17, 15) is 8.78 Å². The van der Waals surface area contributed by atoms with Crippen LogP contribution in [0.3, 0.4) is 0 Å². The Kier molecular flexibility index (Phi) is 2.42. The monoisotopic (exact) mass is 238 g/mol. The van der Waals surface area contributed by atoms with Gasteiger partial charge in [0.05, 0.1) is 0 Å². The van der Waals surface area contributed by atoms with E-state index in [0.717, 1.165) is 25.0 Å². The molecule has 3 aliphatic rings. The van der Waals surface area contributed by atoms with Crippen LogP contribution < -0.4 is 0 Å². The summed E-state index contributed by atoms with van der Waals surface area (Å²) in [6.45, 7) is 0. The lowest BCUT2D eigenvalue weighted by atomic mass is 9.53. The van der Waals surface area contributed by atoms with Crippen LogP contribution in [-0.2, 0) is 5.41 Å².